The van der Waals surface area contributed by atoms with Gasteiger partial charge in [0, 0.05) is 16.2 Å². The van der Waals surface area contributed by atoms with Crippen molar-refractivity contribution in [2.24, 2.45) is 0 Å². The summed E-state index contributed by atoms with van der Waals surface area (Å²) in [6, 6.07) is 0. The maximum Gasteiger partial charge on any atom is 0.190 e. The predicted molar refractivity (Wildman–Crippen MR) is 90.0 cm³/mol. The number of aryl methyl sites for hydroxylation is 4. The second kappa shape index (κ2) is 5.51. The zero-order valence-corrected chi connectivity index (χ0v) is 14.7. The van der Waals surface area contributed by atoms with Crippen LogP contribution >= 0.6 is 34.7 Å². The van der Waals surface area contributed by atoms with Crippen LogP contribution in [-0.4, -0.2) is 15.1 Å². The Bertz CT molecular complexity index is 852. The molecule has 0 bridgehead atoms. The Hall–Kier alpha value is -1.11. The third kappa shape index (κ3) is 2.33. The van der Waals surface area contributed by atoms with E-state index in [1.807, 2.05) is 13.8 Å². The quantitative estimate of drug-likeness (QED) is 0.388. The van der Waals surface area contributed by atoms with Crippen LogP contribution in [0, 0.1) is 13.8 Å². The first-order valence-corrected chi connectivity index (χ1v) is 9.34. The van der Waals surface area contributed by atoms with Gasteiger partial charge in [0.2, 0.25) is 0 Å². The summed E-state index contributed by atoms with van der Waals surface area (Å²) in [5.74, 6) is 1.60. The molecule has 0 spiro atoms. The van der Waals surface area contributed by atoms with Gasteiger partial charge in [0.05, 0.1) is 11.1 Å². The SMILES string of the molecule is Cc1noc(C)c1CSc1nc(Cl)c2c3c(sc2n1)CCC3. The van der Waals surface area contributed by atoms with E-state index < -0.39 is 0 Å². The molecule has 3 aromatic rings. The van der Waals surface area contributed by atoms with Gasteiger partial charge in [-0.05, 0) is 38.7 Å². The molecule has 0 saturated heterocycles. The minimum Gasteiger partial charge on any atom is -0.361 e. The highest BCUT2D eigenvalue weighted by Crippen LogP contribution is 2.40. The van der Waals surface area contributed by atoms with E-state index in [4.69, 9.17) is 21.1 Å². The highest BCUT2D eigenvalue weighted by atomic mass is 35.5. The first-order chi connectivity index (χ1) is 10.6. The van der Waals surface area contributed by atoms with Crippen LogP contribution in [0.2, 0.25) is 5.15 Å². The molecule has 0 atom stereocenters. The fourth-order valence-corrected chi connectivity index (χ4v) is 5.55. The minimum atomic E-state index is 0.589. The molecular weight excluding hydrogens is 338 g/mol. The number of hydrogen-bond acceptors (Lipinski definition) is 6. The van der Waals surface area contributed by atoms with Gasteiger partial charge in [0.15, 0.2) is 5.16 Å². The molecule has 22 heavy (non-hydrogen) atoms. The second-order valence-corrected chi connectivity index (χ2v) is 7.81. The zero-order chi connectivity index (χ0) is 15.3. The highest BCUT2D eigenvalue weighted by Gasteiger charge is 2.22. The van der Waals surface area contributed by atoms with Crippen LogP contribution < -0.4 is 0 Å². The summed E-state index contributed by atoms with van der Waals surface area (Å²) in [7, 11) is 0. The normalized spacial score (nSPS) is 14.0. The van der Waals surface area contributed by atoms with Crippen molar-refractivity contribution in [3.05, 3.63) is 32.6 Å². The molecule has 0 fully saturated rings. The van der Waals surface area contributed by atoms with Crippen LogP contribution in [0.25, 0.3) is 10.2 Å². The fraction of sp³-hybridized carbons (Fsp3) is 0.400. The van der Waals surface area contributed by atoms with Crippen molar-refractivity contribution in [3.63, 3.8) is 0 Å². The topological polar surface area (TPSA) is 51.8 Å². The van der Waals surface area contributed by atoms with E-state index in [1.54, 1.807) is 23.1 Å². The Morgan fingerprint density at radius 3 is 2.91 bits per heavy atom. The Morgan fingerprint density at radius 1 is 1.27 bits per heavy atom. The van der Waals surface area contributed by atoms with Gasteiger partial charge >= 0.3 is 0 Å². The second-order valence-electron chi connectivity index (χ2n) is 5.43. The Labute approximate surface area is 141 Å². The molecule has 1 aliphatic rings. The van der Waals surface area contributed by atoms with Gasteiger partial charge in [0.1, 0.15) is 15.7 Å². The smallest absolute Gasteiger partial charge is 0.190 e. The summed E-state index contributed by atoms with van der Waals surface area (Å²) < 4.78 is 5.19. The average Bonchev–Trinajstić information content (AvgIpc) is 3.12. The molecule has 4 nitrogen and oxygen atoms in total. The molecule has 0 N–H and O–H groups in total. The molecule has 0 aromatic carbocycles. The predicted octanol–water partition coefficient (Wildman–Crippen LogP) is 4.73. The van der Waals surface area contributed by atoms with Crippen LogP contribution in [-0.2, 0) is 18.6 Å². The standard InChI is InChI=1S/C15H14ClN3OS2/c1-7-10(8(2)20-19-7)6-21-15-17-13(16)12-9-4-3-5-11(9)22-14(12)18-15/h3-6H2,1-2H3. The molecule has 114 valence electrons. The van der Waals surface area contributed by atoms with Crippen molar-refractivity contribution in [3.8, 4) is 0 Å². The minimum absolute atomic E-state index is 0.589. The van der Waals surface area contributed by atoms with Gasteiger partial charge in [-0.25, -0.2) is 9.97 Å². The molecule has 7 heteroatoms. The lowest BCUT2D eigenvalue weighted by Gasteiger charge is -2.02. The van der Waals surface area contributed by atoms with Crippen LogP contribution in [0.1, 0.15) is 33.9 Å². The van der Waals surface area contributed by atoms with E-state index in [0.29, 0.717) is 5.15 Å². The first kappa shape index (κ1) is 14.5. The number of hydrogen-bond donors (Lipinski definition) is 0. The van der Waals surface area contributed by atoms with E-state index in [0.717, 1.165) is 51.0 Å². The van der Waals surface area contributed by atoms with E-state index in [2.05, 4.69) is 10.1 Å². The number of fused-ring (bicyclic) bond motifs is 3. The molecule has 0 unspecified atom stereocenters. The third-order valence-electron chi connectivity index (χ3n) is 4.03. The van der Waals surface area contributed by atoms with Crippen molar-refractivity contribution in [1.82, 2.24) is 15.1 Å². The van der Waals surface area contributed by atoms with E-state index in [-0.39, 0.29) is 0 Å². The number of rotatable bonds is 3. The highest BCUT2D eigenvalue weighted by molar-refractivity contribution is 7.98. The third-order valence-corrected chi connectivity index (χ3v) is 6.36. The number of nitrogens with zero attached hydrogens (tertiary/aromatic N) is 3. The van der Waals surface area contributed by atoms with Crippen molar-refractivity contribution < 1.29 is 4.52 Å². The first-order valence-electron chi connectivity index (χ1n) is 7.16. The van der Waals surface area contributed by atoms with Crippen LogP contribution in [0.4, 0.5) is 0 Å². The summed E-state index contributed by atoms with van der Waals surface area (Å²) >= 11 is 9.76. The largest absolute Gasteiger partial charge is 0.361 e. The Kier molecular flexibility index (Phi) is 3.63. The van der Waals surface area contributed by atoms with Gasteiger partial charge in [0.25, 0.3) is 0 Å². The summed E-state index contributed by atoms with van der Waals surface area (Å²) in [6.07, 6.45) is 3.47. The average molecular weight is 352 g/mol. The Balaban J connectivity index is 1.66. The molecule has 3 heterocycles. The molecular formula is C15H14ClN3OS2. The van der Waals surface area contributed by atoms with E-state index in [1.165, 1.54) is 16.9 Å². The van der Waals surface area contributed by atoms with Gasteiger partial charge < -0.3 is 4.52 Å². The molecule has 4 rings (SSSR count). The monoisotopic (exact) mass is 351 g/mol. The van der Waals surface area contributed by atoms with E-state index in [9.17, 15) is 0 Å². The molecule has 0 radical (unpaired) electrons. The van der Waals surface area contributed by atoms with Crippen molar-refractivity contribution in [2.75, 3.05) is 0 Å². The maximum atomic E-state index is 6.42. The van der Waals surface area contributed by atoms with Crippen molar-refractivity contribution in [2.45, 2.75) is 44.0 Å². The van der Waals surface area contributed by atoms with Gasteiger partial charge in [-0.15, -0.1) is 11.3 Å². The summed E-state index contributed by atoms with van der Waals surface area (Å²) in [5, 5.41) is 6.36. The van der Waals surface area contributed by atoms with Crippen LogP contribution in [0.15, 0.2) is 9.68 Å². The lowest BCUT2D eigenvalue weighted by molar-refractivity contribution is 0.392. The molecule has 3 aromatic heterocycles. The summed E-state index contributed by atoms with van der Waals surface area (Å²) in [4.78, 5) is 11.6. The lowest BCUT2D eigenvalue weighted by atomic mass is 10.2. The fourth-order valence-electron chi connectivity index (χ4n) is 2.84. The van der Waals surface area contributed by atoms with Crippen LogP contribution in [0.5, 0.6) is 0 Å². The number of aromatic nitrogens is 3. The summed E-state index contributed by atoms with van der Waals surface area (Å²) in [6.45, 7) is 3.88. The summed E-state index contributed by atoms with van der Waals surface area (Å²) in [5.41, 5.74) is 3.40. The Morgan fingerprint density at radius 2 is 2.14 bits per heavy atom. The molecule has 0 saturated carbocycles. The zero-order valence-electron chi connectivity index (χ0n) is 12.3. The van der Waals surface area contributed by atoms with Gasteiger partial charge in [-0.2, -0.15) is 0 Å². The molecule has 0 aliphatic heterocycles. The molecule has 1 aliphatic carbocycles. The number of halogens is 1. The van der Waals surface area contributed by atoms with Crippen LogP contribution in [0.3, 0.4) is 0 Å². The van der Waals surface area contributed by atoms with Crippen molar-refractivity contribution in [1.29, 1.82) is 0 Å². The van der Waals surface area contributed by atoms with Gasteiger partial charge in [-0.3, -0.25) is 0 Å². The van der Waals surface area contributed by atoms with E-state index >= 15 is 0 Å². The molecule has 0 amide bonds. The number of thiophene rings is 1. The van der Waals surface area contributed by atoms with Crippen molar-refractivity contribution >= 4 is 44.9 Å². The maximum absolute atomic E-state index is 6.42. The van der Waals surface area contributed by atoms with Gasteiger partial charge in [-0.1, -0.05) is 28.5 Å². The lowest BCUT2D eigenvalue weighted by Crippen LogP contribution is -1.91. The number of thioether (sulfide) groups is 1.